The van der Waals surface area contributed by atoms with E-state index >= 15 is 0 Å². The number of nitrogens with zero attached hydrogens (tertiary/aromatic N) is 3. The molecule has 0 aliphatic carbocycles. The van der Waals surface area contributed by atoms with Gasteiger partial charge in [-0.2, -0.15) is 5.10 Å². The van der Waals surface area contributed by atoms with Gasteiger partial charge in [0.15, 0.2) is 0 Å². The molecule has 1 aliphatic heterocycles. The number of nitrogens with one attached hydrogen (secondary N) is 1. The van der Waals surface area contributed by atoms with Crippen LogP contribution < -0.4 is 16.8 Å². The Morgan fingerprint density at radius 3 is 2.67 bits per heavy atom. The van der Waals surface area contributed by atoms with Crippen LogP contribution in [0.1, 0.15) is 5.56 Å². The zero-order valence-electron chi connectivity index (χ0n) is 13.4. The smallest absolute Gasteiger partial charge is 0.127 e. The molecule has 7 heteroatoms. The molecule has 1 saturated heterocycles. The predicted molar refractivity (Wildman–Crippen MR) is 94.1 cm³/mol. The minimum absolute atomic E-state index is 0.103. The lowest BCUT2D eigenvalue weighted by atomic mass is 10.1. The first-order valence-electron chi connectivity index (χ1n) is 7.87. The van der Waals surface area contributed by atoms with Gasteiger partial charge in [-0.15, -0.1) is 0 Å². The fourth-order valence-corrected chi connectivity index (χ4v) is 2.62. The normalized spacial score (nSPS) is 16.4. The fourth-order valence-electron chi connectivity index (χ4n) is 2.62. The number of allylic oxidation sites excluding steroid dienone is 2. The number of rotatable bonds is 4. The maximum absolute atomic E-state index is 10.2. The number of piperazine rings is 1. The molecule has 7 nitrogen and oxygen atoms in total. The third kappa shape index (κ3) is 3.52. The lowest BCUT2D eigenvalue weighted by molar-refractivity contribution is 0.296. The Kier molecular flexibility index (Phi) is 4.72. The first-order valence-corrected chi connectivity index (χ1v) is 7.87. The highest BCUT2D eigenvalue weighted by molar-refractivity contribution is 5.70. The van der Waals surface area contributed by atoms with Crippen LogP contribution in [0.4, 0.5) is 0 Å². The molecule has 6 N–H and O–H groups in total. The zero-order valence-corrected chi connectivity index (χ0v) is 13.4. The van der Waals surface area contributed by atoms with Gasteiger partial charge in [0, 0.05) is 55.9 Å². The number of aromatic nitrogens is 2. The molecule has 24 heavy (non-hydrogen) atoms. The monoisotopic (exact) mass is 326 g/mol. The second-order valence-electron chi connectivity index (χ2n) is 5.60. The number of hydrogen-bond donors (Lipinski definition) is 4. The molecule has 1 aromatic carbocycles. The van der Waals surface area contributed by atoms with E-state index in [9.17, 15) is 5.11 Å². The molecule has 126 valence electrons. The fraction of sp³-hybridized carbons (Fsp3) is 0.235. The van der Waals surface area contributed by atoms with E-state index in [1.807, 2.05) is 18.3 Å². The zero-order chi connectivity index (χ0) is 16.9. The standard InChI is InChI=1S/C17H22N6O/c18-15(4-5-17(19)22-10-7-20-8-11-22)14-3-2-13(12-16(14)24)23-9-1-6-21-23/h1-6,9,12,20,24H,7-8,10-11,18-19H2/b15-4-,17-5+. The van der Waals surface area contributed by atoms with Crippen LogP contribution in [0.5, 0.6) is 5.75 Å². The minimum Gasteiger partial charge on any atom is -0.507 e. The van der Waals surface area contributed by atoms with Crippen LogP contribution in [-0.4, -0.2) is 46.0 Å². The van der Waals surface area contributed by atoms with Crippen LogP contribution in [0.2, 0.25) is 0 Å². The number of benzene rings is 1. The van der Waals surface area contributed by atoms with Gasteiger partial charge in [-0.3, -0.25) is 0 Å². The SMILES string of the molecule is N/C(=C\C=C(/N)N1CCNCC1)c1ccc(-n2cccn2)cc1O. The van der Waals surface area contributed by atoms with Gasteiger partial charge in [-0.05, 0) is 30.4 Å². The number of aromatic hydroxyl groups is 1. The third-order valence-corrected chi connectivity index (χ3v) is 3.98. The average Bonchev–Trinajstić information content (AvgIpc) is 3.14. The maximum Gasteiger partial charge on any atom is 0.127 e. The molecule has 0 saturated carbocycles. The lowest BCUT2D eigenvalue weighted by Gasteiger charge is -2.29. The van der Waals surface area contributed by atoms with E-state index < -0.39 is 0 Å². The van der Waals surface area contributed by atoms with Crippen molar-refractivity contribution in [1.82, 2.24) is 20.0 Å². The highest BCUT2D eigenvalue weighted by Gasteiger charge is 2.10. The van der Waals surface area contributed by atoms with Crippen molar-refractivity contribution in [1.29, 1.82) is 0 Å². The number of phenolic OH excluding ortho intramolecular Hbond substituents is 1. The second-order valence-corrected chi connectivity index (χ2v) is 5.60. The van der Waals surface area contributed by atoms with Crippen molar-refractivity contribution in [3.63, 3.8) is 0 Å². The van der Waals surface area contributed by atoms with Gasteiger partial charge < -0.3 is 26.8 Å². The van der Waals surface area contributed by atoms with Crippen LogP contribution >= 0.6 is 0 Å². The van der Waals surface area contributed by atoms with Gasteiger partial charge in [0.2, 0.25) is 0 Å². The summed E-state index contributed by atoms with van der Waals surface area (Å²) in [5, 5.41) is 17.7. The van der Waals surface area contributed by atoms with Crippen molar-refractivity contribution in [2.75, 3.05) is 26.2 Å². The summed E-state index contributed by atoms with van der Waals surface area (Å²) in [6.07, 6.45) is 7.00. The van der Waals surface area contributed by atoms with Crippen molar-refractivity contribution in [2.24, 2.45) is 11.5 Å². The number of hydrogen-bond acceptors (Lipinski definition) is 6. The van der Waals surface area contributed by atoms with E-state index in [2.05, 4.69) is 15.3 Å². The van der Waals surface area contributed by atoms with Crippen molar-refractivity contribution < 1.29 is 5.11 Å². The summed E-state index contributed by atoms with van der Waals surface area (Å²) in [6, 6.07) is 7.08. The molecule has 0 radical (unpaired) electrons. The summed E-state index contributed by atoms with van der Waals surface area (Å²) in [6.45, 7) is 3.59. The largest absolute Gasteiger partial charge is 0.507 e. The predicted octanol–water partition coefficient (Wildman–Crippen LogP) is 0.583. The summed E-state index contributed by atoms with van der Waals surface area (Å²) in [5.41, 5.74) is 14.0. The van der Waals surface area contributed by atoms with Crippen molar-refractivity contribution in [3.05, 3.63) is 60.2 Å². The summed E-state index contributed by atoms with van der Waals surface area (Å²) in [7, 11) is 0. The Bertz CT molecular complexity index is 744. The van der Waals surface area contributed by atoms with Gasteiger partial charge in [0.25, 0.3) is 0 Å². The van der Waals surface area contributed by atoms with Gasteiger partial charge in [0.1, 0.15) is 5.75 Å². The van der Waals surface area contributed by atoms with Gasteiger partial charge in [-0.1, -0.05) is 0 Å². The van der Waals surface area contributed by atoms with E-state index in [4.69, 9.17) is 11.5 Å². The molecular formula is C17H22N6O. The molecule has 0 atom stereocenters. The summed E-state index contributed by atoms with van der Waals surface area (Å²) >= 11 is 0. The number of phenols is 1. The maximum atomic E-state index is 10.2. The molecule has 0 spiro atoms. The average molecular weight is 326 g/mol. The van der Waals surface area contributed by atoms with E-state index in [1.54, 1.807) is 35.2 Å². The van der Waals surface area contributed by atoms with E-state index in [1.165, 1.54) is 0 Å². The van der Waals surface area contributed by atoms with Gasteiger partial charge in [0.05, 0.1) is 11.5 Å². The first-order chi connectivity index (χ1) is 11.6. The van der Waals surface area contributed by atoms with E-state index in [0.29, 0.717) is 17.1 Å². The molecule has 1 aromatic heterocycles. The second kappa shape index (κ2) is 7.10. The molecule has 0 bridgehead atoms. The molecule has 2 aromatic rings. The van der Waals surface area contributed by atoms with E-state index in [0.717, 1.165) is 31.9 Å². The third-order valence-electron chi connectivity index (χ3n) is 3.98. The lowest BCUT2D eigenvalue weighted by Crippen LogP contribution is -2.44. The molecular weight excluding hydrogens is 304 g/mol. The van der Waals surface area contributed by atoms with Crippen molar-refractivity contribution in [2.45, 2.75) is 0 Å². The Balaban J connectivity index is 1.77. The van der Waals surface area contributed by atoms with E-state index in [-0.39, 0.29) is 5.75 Å². The highest BCUT2D eigenvalue weighted by atomic mass is 16.3. The molecule has 0 unspecified atom stereocenters. The Morgan fingerprint density at radius 1 is 1.21 bits per heavy atom. The summed E-state index contributed by atoms with van der Waals surface area (Å²) < 4.78 is 1.67. The molecule has 2 heterocycles. The highest BCUT2D eigenvalue weighted by Crippen LogP contribution is 2.25. The van der Waals surface area contributed by atoms with Gasteiger partial charge >= 0.3 is 0 Å². The summed E-state index contributed by atoms with van der Waals surface area (Å²) in [4.78, 5) is 2.10. The van der Waals surface area contributed by atoms with Crippen molar-refractivity contribution >= 4 is 5.70 Å². The van der Waals surface area contributed by atoms with Crippen LogP contribution in [0.25, 0.3) is 11.4 Å². The topological polar surface area (TPSA) is 105 Å². The van der Waals surface area contributed by atoms with Gasteiger partial charge in [-0.25, -0.2) is 4.68 Å². The quantitative estimate of drug-likeness (QED) is 0.613. The Hall–Kier alpha value is -2.93. The Morgan fingerprint density at radius 2 is 2.00 bits per heavy atom. The van der Waals surface area contributed by atoms with Crippen LogP contribution in [0.3, 0.4) is 0 Å². The summed E-state index contributed by atoms with van der Waals surface area (Å²) in [5.74, 6) is 0.776. The first kappa shape index (κ1) is 15.9. The van der Waals surface area contributed by atoms with Crippen LogP contribution in [0, 0.1) is 0 Å². The Labute approximate surface area is 140 Å². The van der Waals surface area contributed by atoms with Crippen LogP contribution in [0.15, 0.2) is 54.6 Å². The van der Waals surface area contributed by atoms with Crippen molar-refractivity contribution in [3.8, 4) is 11.4 Å². The number of nitrogens with two attached hydrogens (primary N) is 2. The molecule has 1 fully saturated rings. The molecule has 3 rings (SSSR count). The minimum atomic E-state index is 0.103. The molecule has 0 amide bonds. The van der Waals surface area contributed by atoms with Crippen LogP contribution in [-0.2, 0) is 0 Å². The molecule has 1 aliphatic rings.